The third-order valence-corrected chi connectivity index (χ3v) is 5.32. The number of carbonyl (C=O) groups excluding carboxylic acids is 2. The van der Waals surface area contributed by atoms with E-state index in [0.717, 1.165) is 11.1 Å². The van der Waals surface area contributed by atoms with Crippen LogP contribution in [0.3, 0.4) is 0 Å². The zero-order valence-corrected chi connectivity index (χ0v) is 20.6. The molecule has 34 heavy (non-hydrogen) atoms. The number of amides is 1. The first-order valence-corrected chi connectivity index (χ1v) is 11.5. The summed E-state index contributed by atoms with van der Waals surface area (Å²) < 4.78 is 16.9. The van der Waals surface area contributed by atoms with Crippen molar-refractivity contribution >= 4 is 23.9 Å². The van der Waals surface area contributed by atoms with Gasteiger partial charge in [-0.1, -0.05) is 24.3 Å². The topological polar surface area (TPSA) is 77.4 Å². The second-order valence-corrected chi connectivity index (χ2v) is 8.57. The highest BCUT2D eigenvalue weighted by atomic mass is 16.6. The van der Waals surface area contributed by atoms with Crippen LogP contribution in [0.1, 0.15) is 51.3 Å². The van der Waals surface area contributed by atoms with Gasteiger partial charge >= 0.3 is 5.97 Å². The summed E-state index contributed by atoms with van der Waals surface area (Å²) in [5.74, 6) is 0.635. The van der Waals surface area contributed by atoms with Gasteiger partial charge in [-0.3, -0.25) is 4.79 Å². The Morgan fingerprint density at radius 2 is 1.76 bits per heavy atom. The molecule has 180 valence electrons. The van der Waals surface area contributed by atoms with Gasteiger partial charge in [-0.2, -0.15) is 0 Å². The maximum atomic E-state index is 12.7. The van der Waals surface area contributed by atoms with Crippen molar-refractivity contribution in [2.45, 2.75) is 53.6 Å². The second kappa shape index (κ2) is 11.0. The number of esters is 1. The summed E-state index contributed by atoms with van der Waals surface area (Å²) in [6, 6.07) is 13.0. The van der Waals surface area contributed by atoms with E-state index in [9.17, 15) is 9.59 Å². The van der Waals surface area contributed by atoms with Crippen LogP contribution in [-0.2, 0) is 14.3 Å². The average molecular weight is 465 g/mol. The van der Waals surface area contributed by atoms with Gasteiger partial charge in [0.2, 0.25) is 5.90 Å². The van der Waals surface area contributed by atoms with Crippen LogP contribution in [0.4, 0.5) is 0 Å². The molecule has 0 saturated carbocycles. The molecule has 1 amide bonds. The summed E-state index contributed by atoms with van der Waals surface area (Å²) in [5, 5.41) is 0. The van der Waals surface area contributed by atoms with Gasteiger partial charge in [-0.25, -0.2) is 9.79 Å². The molecule has 0 fully saturated rings. The molecule has 1 aliphatic heterocycles. The number of aliphatic imine (C=N–C) groups is 1. The van der Waals surface area contributed by atoms with Crippen LogP contribution in [0.5, 0.6) is 11.5 Å². The first kappa shape index (κ1) is 25.0. The molecule has 0 unspecified atom stereocenters. The number of cyclic esters (lactones) is 1. The molecule has 0 saturated heterocycles. The summed E-state index contributed by atoms with van der Waals surface area (Å²) >= 11 is 0. The molecule has 3 rings (SSSR count). The Morgan fingerprint density at radius 3 is 2.41 bits per heavy atom. The third kappa shape index (κ3) is 5.84. The molecular weight excluding hydrogens is 432 g/mol. The highest BCUT2D eigenvalue weighted by Crippen LogP contribution is 2.30. The first-order chi connectivity index (χ1) is 16.2. The van der Waals surface area contributed by atoms with Crippen LogP contribution >= 0.6 is 0 Å². The Bertz CT molecular complexity index is 1110. The maximum Gasteiger partial charge on any atom is 0.363 e. The van der Waals surface area contributed by atoms with E-state index in [4.69, 9.17) is 14.2 Å². The van der Waals surface area contributed by atoms with E-state index < -0.39 is 5.97 Å². The quantitative estimate of drug-likeness (QED) is 0.395. The number of aryl methyl sites for hydroxylation is 1. The molecule has 0 radical (unpaired) electrons. The van der Waals surface area contributed by atoms with Crippen molar-refractivity contribution < 1.29 is 23.8 Å². The molecule has 1 heterocycles. The zero-order chi connectivity index (χ0) is 24.8. The molecule has 2 aromatic rings. The summed E-state index contributed by atoms with van der Waals surface area (Å²) in [6.07, 6.45) is 1.64. The molecule has 2 aromatic carbocycles. The number of rotatable bonds is 9. The summed E-state index contributed by atoms with van der Waals surface area (Å²) in [5.41, 5.74) is 2.65. The Labute approximate surface area is 201 Å². The molecule has 1 aliphatic rings. The van der Waals surface area contributed by atoms with Crippen LogP contribution in [0.25, 0.3) is 6.08 Å². The van der Waals surface area contributed by atoms with Gasteiger partial charge in [0.05, 0.1) is 6.61 Å². The molecule has 0 aliphatic carbocycles. The minimum absolute atomic E-state index is 0.0766. The van der Waals surface area contributed by atoms with Crippen LogP contribution in [0.2, 0.25) is 0 Å². The van der Waals surface area contributed by atoms with Gasteiger partial charge in [0.25, 0.3) is 5.91 Å². The summed E-state index contributed by atoms with van der Waals surface area (Å²) in [6.45, 7) is 12.1. The second-order valence-electron chi connectivity index (χ2n) is 8.57. The average Bonchev–Trinajstić information content (AvgIpc) is 3.13. The predicted molar refractivity (Wildman–Crippen MR) is 132 cm³/mol. The largest absolute Gasteiger partial charge is 0.490 e. The minimum atomic E-state index is -0.510. The van der Waals surface area contributed by atoms with E-state index in [0.29, 0.717) is 23.7 Å². The summed E-state index contributed by atoms with van der Waals surface area (Å²) in [4.78, 5) is 31.2. The van der Waals surface area contributed by atoms with Crippen LogP contribution in [0.15, 0.2) is 53.2 Å². The predicted octanol–water partition coefficient (Wildman–Crippen LogP) is 4.76. The van der Waals surface area contributed by atoms with E-state index in [-0.39, 0.29) is 36.2 Å². The number of hydrogen-bond acceptors (Lipinski definition) is 6. The van der Waals surface area contributed by atoms with E-state index >= 15 is 0 Å². The van der Waals surface area contributed by atoms with E-state index in [1.165, 1.54) is 0 Å². The zero-order valence-electron chi connectivity index (χ0n) is 20.6. The van der Waals surface area contributed by atoms with Crippen molar-refractivity contribution in [1.82, 2.24) is 4.90 Å². The Morgan fingerprint density at radius 1 is 1.06 bits per heavy atom. The monoisotopic (exact) mass is 464 g/mol. The lowest BCUT2D eigenvalue weighted by atomic mass is 10.1. The third-order valence-electron chi connectivity index (χ3n) is 5.32. The van der Waals surface area contributed by atoms with Gasteiger partial charge < -0.3 is 19.1 Å². The van der Waals surface area contributed by atoms with Crippen LogP contribution < -0.4 is 9.47 Å². The number of nitrogens with zero attached hydrogens (tertiary/aromatic N) is 2. The van der Waals surface area contributed by atoms with Gasteiger partial charge in [-0.15, -0.1) is 0 Å². The fourth-order valence-electron chi connectivity index (χ4n) is 3.88. The highest BCUT2D eigenvalue weighted by Gasteiger charge is 2.25. The summed E-state index contributed by atoms with van der Waals surface area (Å²) in [7, 11) is 0. The number of benzene rings is 2. The smallest absolute Gasteiger partial charge is 0.363 e. The van der Waals surface area contributed by atoms with E-state index in [1.54, 1.807) is 29.2 Å². The lowest BCUT2D eigenvalue weighted by molar-refractivity contribution is -0.137. The van der Waals surface area contributed by atoms with Crippen molar-refractivity contribution in [2.75, 3.05) is 13.2 Å². The molecule has 0 spiro atoms. The standard InChI is InChI=1S/C27H32N2O5/c1-7-32-24-15-20(12-13-23(24)33-16-25(30)29(17(2)3)18(4)5)14-22-27(31)34-26(28-22)21-11-9-8-10-19(21)6/h8-15,17-18H,7,16H2,1-6H3/b22-14+. The fourth-order valence-corrected chi connectivity index (χ4v) is 3.88. The van der Waals surface area contributed by atoms with Crippen LogP contribution in [0, 0.1) is 6.92 Å². The first-order valence-electron chi connectivity index (χ1n) is 11.5. The van der Waals surface area contributed by atoms with E-state index in [2.05, 4.69) is 4.99 Å². The van der Waals surface area contributed by atoms with Crippen molar-refractivity contribution in [3.8, 4) is 11.5 Å². The Kier molecular flexibility index (Phi) is 8.10. The molecule has 0 N–H and O–H groups in total. The van der Waals surface area contributed by atoms with E-state index in [1.807, 2.05) is 65.8 Å². The van der Waals surface area contributed by atoms with Crippen molar-refractivity contribution in [3.63, 3.8) is 0 Å². The Hall–Kier alpha value is -3.61. The van der Waals surface area contributed by atoms with Crippen molar-refractivity contribution in [3.05, 3.63) is 64.9 Å². The molecule has 0 atom stereocenters. The lowest BCUT2D eigenvalue weighted by Crippen LogP contribution is -2.44. The van der Waals surface area contributed by atoms with Gasteiger partial charge in [-0.05, 0) is 76.9 Å². The minimum Gasteiger partial charge on any atom is -0.490 e. The molecular formula is C27H32N2O5. The van der Waals surface area contributed by atoms with Gasteiger partial charge in [0, 0.05) is 17.6 Å². The SMILES string of the molecule is CCOc1cc(/C=C2/N=C(c3ccccc3C)OC2=O)ccc1OCC(=O)N(C(C)C)C(C)C. The molecule has 0 bridgehead atoms. The number of hydrogen-bond donors (Lipinski definition) is 0. The normalized spacial score (nSPS) is 14.4. The molecule has 7 nitrogen and oxygen atoms in total. The fraction of sp³-hybridized carbons (Fsp3) is 0.370. The van der Waals surface area contributed by atoms with Gasteiger partial charge in [0.15, 0.2) is 23.8 Å². The highest BCUT2D eigenvalue weighted by molar-refractivity contribution is 6.13. The number of carbonyl (C=O) groups is 2. The maximum absolute atomic E-state index is 12.7. The van der Waals surface area contributed by atoms with Crippen molar-refractivity contribution in [1.29, 1.82) is 0 Å². The Balaban J connectivity index is 1.81. The van der Waals surface area contributed by atoms with Crippen LogP contribution in [-0.4, -0.2) is 48.0 Å². The van der Waals surface area contributed by atoms with Gasteiger partial charge in [0.1, 0.15) is 0 Å². The lowest BCUT2D eigenvalue weighted by Gasteiger charge is -2.30. The number of ether oxygens (including phenoxy) is 3. The van der Waals surface area contributed by atoms with Crippen molar-refractivity contribution in [2.24, 2.45) is 4.99 Å². The molecule has 7 heteroatoms. The molecule has 0 aromatic heterocycles.